The first-order chi connectivity index (χ1) is 13.4. The lowest BCUT2D eigenvalue weighted by molar-refractivity contribution is 0.0148. The third kappa shape index (κ3) is 3.45. The van der Waals surface area contributed by atoms with Gasteiger partial charge in [-0.1, -0.05) is 30.7 Å². The number of halogens is 2. The highest BCUT2D eigenvalue weighted by molar-refractivity contribution is 6.31. The first-order valence-corrected chi connectivity index (χ1v) is 10.3. The summed E-state index contributed by atoms with van der Waals surface area (Å²) in [6, 6.07) is 12.2. The van der Waals surface area contributed by atoms with E-state index in [0.717, 1.165) is 42.0 Å². The molecule has 1 N–H and O–H groups in total. The number of hydrogen-bond acceptors (Lipinski definition) is 2. The molecule has 0 saturated carbocycles. The van der Waals surface area contributed by atoms with Gasteiger partial charge in [-0.05, 0) is 61.3 Å². The van der Waals surface area contributed by atoms with Gasteiger partial charge in [-0.3, -0.25) is 0 Å². The van der Waals surface area contributed by atoms with Crippen molar-refractivity contribution in [3.8, 4) is 0 Å². The SMILES string of the molecule is CCC(O)(Cn1c2c(c3cc(Cl)ccc31)CCN(C)CC2)c1ccc(F)cc1. The van der Waals surface area contributed by atoms with E-state index in [2.05, 4.69) is 22.6 Å². The minimum Gasteiger partial charge on any atom is -0.383 e. The predicted molar refractivity (Wildman–Crippen MR) is 112 cm³/mol. The van der Waals surface area contributed by atoms with E-state index in [1.54, 1.807) is 12.1 Å². The van der Waals surface area contributed by atoms with Crippen molar-refractivity contribution < 1.29 is 9.50 Å². The van der Waals surface area contributed by atoms with Crippen LogP contribution in [0.2, 0.25) is 5.02 Å². The second-order valence-corrected chi connectivity index (χ2v) is 8.30. The number of benzene rings is 2. The molecule has 1 aliphatic heterocycles. The minimum absolute atomic E-state index is 0.292. The van der Waals surface area contributed by atoms with E-state index in [-0.39, 0.29) is 5.82 Å². The topological polar surface area (TPSA) is 28.4 Å². The Balaban J connectivity index is 1.84. The molecule has 1 atom stereocenters. The molecule has 0 spiro atoms. The van der Waals surface area contributed by atoms with E-state index < -0.39 is 5.60 Å². The maximum absolute atomic E-state index is 13.4. The van der Waals surface area contributed by atoms with Gasteiger partial charge in [-0.15, -0.1) is 0 Å². The molecule has 3 nitrogen and oxygen atoms in total. The van der Waals surface area contributed by atoms with Gasteiger partial charge < -0.3 is 14.6 Å². The van der Waals surface area contributed by atoms with Gasteiger partial charge in [0, 0.05) is 41.1 Å². The van der Waals surface area contributed by atoms with Crippen LogP contribution in [0.3, 0.4) is 0 Å². The summed E-state index contributed by atoms with van der Waals surface area (Å²) in [4.78, 5) is 2.34. The summed E-state index contributed by atoms with van der Waals surface area (Å²) in [7, 11) is 2.15. The highest BCUT2D eigenvalue weighted by atomic mass is 35.5. The molecule has 1 unspecified atom stereocenters. The van der Waals surface area contributed by atoms with Crippen LogP contribution in [0, 0.1) is 5.82 Å². The van der Waals surface area contributed by atoms with Crippen LogP contribution in [0.1, 0.15) is 30.2 Å². The first kappa shape index (κ1) is 19.4. The Kier molecular flexibility index (Phi) is 5.21. The Hall–Kier alpha value is -1.88. The van der Waals surface area contributed by atoms with Crippen LogP contribution in [0.5, 0.6) is 0 Å². The number of fused-ring (bicyclic) bond motifs is 3. The molecule has 2 aromatic carbocycles. The van der Waals surface area contributed by atoms with Gasteiger partial charge in [-0.25, -0.2) is 4.39 Å². The lowest BCUT2D eigenvalue weighted by Crippen LogP contribution is -2.31. The van der Waals surface area contributed by atoms with Crippen LogP contribution in [-0.4, -0.2) is 34.7 Å². The second kappa shape index (κ2) is 7.51. The Morgan fingerprint density at radius 1 is 1.11 bits per heavy atom. The second-order valence-electron chi connectivity index (χ2n) is 7.87. The lowest BCUT2D eigenvalue weighted by Gasteiger charge is -2.29. The van der Waals surface area contributed by atoms with Gasteiger partial charge in [0.2, 0.25) is 0 Å². The molecule has 0 aliphatic carbocycles. The molecule has 5 heteroatoms. The average Bonchev–Trinajstić information content (AvgIpc) is 2.82. The van der Waals surface area contributed by atoms with Crippen LogP contribution in [-0.2, 0) is 25.0 Å². The van der Waals surface area contributed by atoms with Crippen molar-refractivity contribution in [1.82, 2.24) is 9.47 Å². The molecule has 0 radical (unpaired) electrons. The van der Waals surface area contributed by atoms with Crippen molar-refractivity contribution in [2.24, 2.45) is 0 Å². The zero-order chi connectivity index (χ0) is 19.9. The van der Waals surface area contributed by atoms with Crippen molar-refractivity contribution in [3.63, 3.8) is 0 Å². The van der Waals surface area contributed by atoms with Crippen molar-refractivity contribution in [2.45, 2.75) is 38.3 Å². The number of hydrogen-bond donors (Lipinski definition) is 1. The van der Waals surface area contributed by atoms with Gasteiger partial charge in [0.25, 0.3) is 0 Å². The van der Waals surface area contributed by atoms with E-state index in [0.29, 0.717) is 13.0 Å². The van der Waals surface area contributed by atoms with Gasteiger partial charge >= 0.3 is 0 Å². The van der Waals surface area contributed by atoms with Gasteiger partial charge in [0.1, 0.15) is 11.4 Å². The zero-order valence-electron chi connectivity index (χ0n) is 16.4. The molecule has 4 rings (SSSR count). The van der Waals surface area contributed by atoms with Crippen molar-refractivity contribution in [2.75, 3.05) is 20.1 Å². The Bertz CT molecular complexity index is 998. The molecule has 3 aromatic rings. The highest BCUT2D eigenvalue weighted by Gasteiger charge is 2.31. The quantitative estimate of drug-likeness (QED) is 0.683. The number of aliphatic hydroxyl groups is 1. The molecule has 0 amide bonds. The Morgan fingerprint density at radius 3 is 2.54 bits per heavy atom. The number of rotatable bonds is 4. The smallest absolute Gasteiger partial charge is 0.123 e. The van der Waals surface area contributed by atoms with Gasteiger partial charge in [-0.2, -0.15) is 0 Å². The van der Waals surface area contributed by atoms with E-state index in [1.165, 1.54) is 28.8 Å². The van der Waals surface area contributed by atoms with Crippen molar-refractivity contribution >= 4 is 22.5 Å². The predicted octanol–water partition coefficient (Wildman–Crippen LogP) is 4.76. The largest absolute Gasteiger partial charge is 0.383 e. The summed E-state index contributed by atoms with van der Waals surface area (Å²) in [5.41, 5.74) is 3.39. The normalized spacial score (nSPS) is 17.3. The van der Waals surface area contributed by atoms with Gasteiger partial charge in [0.15, 0.2) is 0 Å². The highest BCUT2D eigenvalue weighted by Crippen LogP contribution is 2.35. The summed E-state index contributed by atoms with van der Waals surface area (Å²) in [5.74, 6) is -0.292. The zero-order valence-corrected chi connectivity index (χ0v) is 17.1. The molecule has 1 aliphatic rings. The van der Waals surface area contributed by atoms with Crippen LogP contribution < -0.4 is 0 Å². The van der Waals surface area contributed by atoms with Crippen LogP contribution in [0.15, 0.2) is 42.5 Å². The summed E-state index contributed by atoms with van der Waals surface area (Å²) >= 11 is 6.31. The monoisotopic (exact) mass is 400 g/mol. The molecule has 0 bridgehead atoms. The fourth-order valence-electron chi connectivity index (χ4n) is 4.33. The molecule has 28 heavy (non-hydrogen) atoms. The Labute approximate surface area is 170 Å². The standard InChI is InChI=1S/C23H26ClFN2O/c1-3-23(28,16-4-7-18(25)8-5-16)15-27-21-9-6-17(24)14-20(21)19-10-12-26(2)13-11-22(19)27/h4-9,14,28H,3,10-13,15H2,1-2H3. The van der Waals surface area contributed by atoms with Crippen LogP contribution >= 0.6 is 11.6 Å². The summed E-state index contributed by atoms with van der Waals surface area (Å²) < 4.78 is 15.7. The molecule has 0 saturated heterocycles. The van der Waals surface area contributed by atoms with E-state index in [1.807, 2.05) is 19.1 Å². The third-order valence-electron chi connectivity index (χ3n) is 6.11. The van der Waals surface area contributed by atoms with E-state index in [9.17, 15) is 9.50 Å². The first-order valence-electron chi connectivity index (χ1n) is 9.88. The van der Waals surface area contributed by atoms with E-state index >= 15 is 0 Å². The number of likely N-dealkylation sites (N-methyl/N-ethyl adjacent to an activating group) is 1. The minimum atomic E-state index is -1.06. The van der Waals surface area contributed by atoms with Crippen molar-refractivity contribution in [1.29, 1.82) is 0 Å². The number of nitrogens with zero attached hydrogens (tertiary/aromatic N) is 2. The third-order valence-corrected chi connectivity index (χ3v) is 6.34. The molecule has 0 fully saturated rings. The lowest BCUT2D eigenvalue weighted by atomic mass is 9.90. The summed E-state index contributed by atoms with van der Waals surface area (Å²) in [6.07, 6.45) is 2.44. The Morgan fingerprint density at radius 2 is 1.82 bits per heavy atom. The maximum Gasteiger partial charge on any atom is 0.123 e. The molecule has 1 aromatic heterocycles. The van der Waals surface area contributed by atoms with Crippen LogP contribution in [0.4, 0.5) is 4.39 Å². The van der Waals surface area contributed by atoms with E-state index in [4.69, 9.17) is 11.6 Å². The maximum atomic E-state index is 13.4. The summed E-state index contributed by atoms with van der Waals surface area (Å²) in [5, 5.41) is 13.4. The molecule has 2 heterocycles. The molecule has 148 valence electrons. The van der Waals surface area contributed by atoms with Gasteiger partial charge in [0.05, 0.1) is 6.54 Å². The summed E-state index contributed by atoms with van der Waals surface area (Å²) in [6.45, 7) is 4.40. The van der Waals surface area contributed by atoms with Crippen LogP contribution in [0.25, 0.3) is 10.9 Å². The average molecular weight is 401 g/mol. The molecular formula is C23H26ClFN2O. The fourth-order valence-corrected chi connectivity index (χ4v) is 4.51. The fraction of sp³-hybridized carbons (Fsp3) is 0.391. The molecular weight excluding hydrogens is 375 g/mol. The van der Waals surface area contributed by atoms with Crippen molar-refractivity contribution in [3.05, 3.63) is 70.1 Å². The number of aromatic nitrogens is 1.